The van der Waals surface area contributed by atoms with Gasteiger partial charge in [0.15, 0.2) is 0 Å². The van der Waals surface area contributed by atoms with Crippen molar-refractivity contribution in [3.8, 4) is 5.75 Å². The Morgan fingerprint density at radius 3 is 2.49 bits per heavy atom. The van der Waals surface area contributed by atoms with Crippen molar-refractivity contribution in [1.29, 1.82) is 0 Å². The van der Waals surface area contributed by atoms with E-state index in [2.05, 4.69) is 38.2 Å². The van der Waals surface area contributed by atoms with Crippen LogP contribution in [0.25, 0.3) is 16.7 Å². The number of carbonyl (C=O) groups is 1. The number of hydrogen-bond acceptors (Lipinski definition) is 5. The summed E-state index contributed by atoms with van der Waals surface area (Å²) in [6, 6.07) is 18.6. The number of anilines is 1. The van der Waals surface area contributed by atoms with Crippen LogP contribution in [0, 0.1) is 12.7 Å². The van der Waals surface area contributed by atoms with Gasteiger partial charge < -0.3 is 19.5 Å². The molecule has 1 N–H and O–H groups in total. The molecule has 0 radical (unpaired) electrons. The van der Waals surface area contributed by atoms with Crippen LogP contribution in [0.2, 0.25) is 0 Å². The zero-order valence-electron chi connectivity index (χ0n) is 24.4. The molecule has 0 saturated heterocycles. The first kappa shape index (κ1) is 28.4. The first-order valence-corrected chi connectivity index (χ1v) is 13.8. The number of benzene rings is 3. The Kier molecular flexibility index (Phi) is 7.62. The zero-order chi connectivity index (χ0) is 29.4. The quantitative estimate of drug-likeness (QED) is 0.237. The third kappa shape index (κ3) is 5.70. The summed E-state index contributed by atoms with van der Waals surface area (Å²) in [4.78, 5) is 12.5. The average molecular weight is 554 g/mol. The molecule has 41 heavy (non-hydrogen) atoms. The molecular weight excluding hydrogens is 517 g/mol. The minimum absolute atomic E-state index is 0.169. The van der Waals surface area contributed by atoms with Crippen LogP contribution in [-0.4, -0.2) is 24.4 Å². The number of hydrogen-bond donors (Lipinski definition) is 1. The first-order chi connectivity index (χ1) is 19.5. The number of fused-ring (bicyclic) bond motifs is 1. The highest BCUT2D eigenvalue weighted by atomic mass is 19.1. The van der Waals surface area contributed by atoms with E-state index in [9.17, 15) is 9.18 Å². The molecule has 1 aliphatic heterocycles. The van der Waals surface area contributed by atoms with Gasteiger partial charge in [-0.1, -0.05) is 60.7 Å². The van der Waals surface area contributed by atoms with E-state index in [1.807, 2.05) is 55.5 Å². The van der Waals surface area contributed by atoms with Crippen molar-refractivity contribution >= 4 is 28.4 Å². The molecule has 0 saturated carbocycles. The molecule has 2 aliphatic rings. The van der Waals surface area contributed by atoms with Gasteiger partial charge in [-0.15, -0.1) is 0 Å². The molecule has 0 fully saturated rings. The number of halogens is 1. The van der Waals surface area contributed by atoms with E-state index < -0.39 is 11.8 Å². The Morgan fingerprint density at radius 1 is 1.02 bits per heavy atom. The van der Waals surface area contributed by atoms with Crippen molar-refractivity contribution in [2.75, 3.05) is 12.4 Å². The maximum atomic E-state index is 14.1. The van der Waals surface area contributed by atoms with E-state index in [-0.39, 0.29) is 18.0 Å². The molecule has 1 heterocycles. The van der Waals surface area contributed by atoms with Crippen LogP contribution in [0.1, 0.15) is 61.9 Å². The Bertz CT molecular complexity index is 1590. The molecule has 3 aromatic carbocycles. The summed E-state index contributed by atoms with van der Waals surface area (Å²) < 4.78 is 32.5. The van der Waals surface area contributed by atoms with E-state index >= 15 is 0 Å². The van der Waals surface area contributed by atoms with Gasteiger partial charge in [0.2, 0.25) is 5.79 Å². The number of allylic oxidation sites excluding steroid dienone is 3. The zero-order valence-corrected chi connectivity index (χ0v) is 24.4. The SMILES string of the molecule is COC1(OC(C)=O)CC(c2ccccc2)=CC=C1c1ccc2c(c1COc1cc(F)ccc1C)C(C)=CC(C)(C)N2. The van der Waals surface area contributed by atoms with E-state index in [1.54, 1.807) is 13.2 Å². The monoisotopic (exact) mass is 553 g/mol. The third-order valence-corrected chi connectivity index (χ3v) is 7.62. The number of nitrogens with one attached hydrogen (secondary N) is 1. The smallest absolute Gasteiger partial charge is 0.305 e. The number of carbonyl (C=O) groups excluding carboxylic acids is 1. The molecule has 0 amide bonds. The van der Waals surface area contributed by atoms with Crippen molar-refractivity contribution < 1.29 is 23.4 Å². The minimum Gasteiger partial charge on any atom is -0.488 e. The van der Waals surface area contributed by atoms with Crippen molar-refractivity contribution in [3.05, 3.63) is 113 Å². The van der Waals surface area contributed by atoms with Crippen molar-refractivity contribution in [1.82, 2.24) is 0 Å². The topological polar surface area (TPSA) is 56.8 Å². The lowest BCUT2D eigenvalue weighted by atomic mass is 9.80. The lowest BCUT2D eigenvalue weighted by Crippen LogP contribution is -2.40. The third-order valence-electron chi connectivity index (χ3n) is 7.62. The summed E-state index contributed by atoms with van der Waals surface area (Å²) in [5.41, 5.74) is 8.11. The number of esters is 1. The molecule has 6 heteroatoms. The summed E-state index contributed by atoms with van der Waals surface area (Å²) in [6.07, 6.45) is 6.54. The molecule has 5 rings (SSSR count). The Balaban J connectivity index is 1.70. The van der Waals surface area contributed by atoms with Crippen LogP contribution in [0.15, 0.2) is 78.9 Å². The number of ether oxygens (including phenoxy) is 3. The van der Waals surface area contributed by atoms with Gasteiger partial charge in [0.25, 0.3) is 0 Å². The van der Waals surface area contributed by atoms with Gasteiger partial charge in [-0.3, -0.25) is 4.79 Å². The van der Waals surface area contributed by atoms with Crippen molar-refractivity contribution in [3.63, 3.8) is 0 Å². The Hall–Kier alpha value is -4.16. The largest absolute Gasteiger partial charge is 0.488 e. The summed E-state index contributed by atoms with van der Waals surface area (Å²) in [5.74, 6) is -1.69. The number of rotatable bonds is 7. The predicted molar refractivity (Wildman–Crippen MR) is 162 cm³/mol. The maximum absolute atomic E-state index is 14.1. The van der Waals surface area contributed by atoms with Crippen LogP contribution in [-0.2, 0) is 20.9 Å². The second kappa shape index (κ2) is 11.0. The summed E-state index contributed by atoms with van der Waals surface area (Å²) in [7, 11) is 1.56. The fourth-order valence-corrected chi connectivity index (χ4v) is 5.89. The highest BCUT2D eigenvalue weighted by Gasteiger charge is 2.43. The van der Waals surface area contributed by atoms with Crippen LogP contribution < -0.4 is 10.1 Å². The summed E-state index contributed by atoms with van der Waals surface area (Å²) in [6.45, 7) is 9.78. The van der Waals surface area contributed by atoms with Crippen LogP contribution in [0.3, 0.4) is 0 Å². The van der Waals surface area contributed by atoms with E-state index in [0.717, 1.165) is 44.7 Å². The molecule has 3 aromatic rings. The van der Waals surface area contributed by atoms with E-state index in [1.165, 1.54) is 19.1 Å². The predicted octanol–water partition coefficient (Wildman–Crippen LogP) is 8.10. The van der Waals surface area contributed by atoms with Gasteiger partial charge in [0.1, 0.15) is 18.2 Å². The van der Waals surface area contributed by atoms with E-state index in [4.69, 9.17) is 14.2 Å². The minimum atomic E-state index is -1.36. The van der Waals surface area contributed by atoms with Gasteiger partial charge in [0, 0.05) is 48.9 Å². The van der Waals surface area contributed by atoms with Gasteiger partial charge in [-0.05, 0) is 67.7 Å². The van der Waals surface area contributed by atoms with E-state index in [0.29, 0.717) is 17.7 Å². The Labute approximate surface area is 241 Å². The lowest BCUT2D eigenvalue weighted by molar-refractivity contribution is -0.192. The maximum Gasteiger partial charge on any atom is 0.305 e. The molecule has 0 aromatic heterocycles. The van der Waals surface area contributed by atoms with Crippen LogP contribution in [0.5, 0.6) is 5.75 Å². The van der Waals surface area contributed by atoms with Gasteiger partial charge in [-0.25, -0.2) is 4.39 Å². The van der Waals surface area contributed by atoms with Crippen molar-refractivity contribution in [2.24, 2.45) is 0 Å². The standard InChI is InChI=1S/C35H36FNO4/c1-22-12-14-27(36)18-32(22)40-21-29-28(15-17-31-33(29)23(2)19-34(4,5)37-31)30-16-13-26(25-10-8-7-9-11-25)20-35(30,39-6)41-24(3)38/h7-19,37H,20-21H2,1-6H3. The molecule has 0 bridgehead atoms. The Morgan fingerprint density at radius 2 is 1.78 bits per heavy atom. The average Bonchev–Trinajstić information content (AvgIpc) is 2.93. The van der Waals surface area contributed by atoms with Gasteiger partial charge in [0.05, 0.1) is 5.54 Å². The number of methoxy groups -OCH3 is 1. The second-order valence-electron chi connectivity index (χ2n) is 11.3. The molecule has 5 nitrogen and oxygen atoms in total. The van der Waals surface area contributed by atoms with Gasteiger partial charge in [-0.2, -0.15) is 0 Å². The normalized spacial score (nSPS) is 19.2. The molecular formula is C35H36FNO4. The summed E-state index contributed by atoms with van der Waals surface area (Å²) in [5, 5.41) is 3.61. The second-order valence-corrected chi connectivity index (χ2v) is 11.3. The first-order valence-electron chi connectivity index (χ1n) is 13.8. The van der Waals surface area contributed by atoms with Gasteiger partial charge >= 0.3 is 5.97 Å². The molecule has 1 atom stereocenters. The number of aryl methyl sites for hydroxylation is 1. The van der Waals surface area contributed by atoms with Crippen molar-refractivity contribution in [2.45, 2.75) is 59.0 Å². The molecule has 1 unspecified atom stereocenters. The molecule has 1 aliphatic carbocycles. The molecule has 212 valence electrons. The van der Waals surface area contributed by atoms with Crippen LogP contribution in [0.4, 0.5) is 10.1 Å². The molecule has 0 spiro atoms. The fourth-order valence-electron chi connectivity index (χ4n) is 5.89. The highest BCUT2D eigenvalue weighted by Crippen LogP contribution is 2.47. The lowest BCUT2D eigenvalue weighted by Gasteiger charge is -2.39. The van der Waals surface area contributed by atoms with Crippen LogP contribution >= 0.6 is 0 Å². The highest BCUT2D eigenvalue weighted by molar-refractivity contribution is 5.90. The fraction of sp³-hybridized carbons (Fsp3) is 0.286. The summed E-state index contributed by atoms with van der Waals surface area (Å²) >= 11 is 0.